The van der Waals surface area contributed by atoms with Crippen molar-refractivity contribution >= 4 is 60.8 Å². The number of methoxy groups -OCH3 is 1. The Morgan fingerprint density at radius 2 is 2.00 bits per heavy atom. The molecule has 1 aromatic heterocycles. The molecule has 2 amide bonds. The normalized spacial score (nSPS) is 12.5. The Balaban J connectivity index is 1.46. The van der Waals surface area contributed by atoms with Crippen molar-refractivity contribution in [2.45, 2.75) is 12.8 Å². The molecule has 28 heavy (non-hydrogen) atoms. The van der Waals surface area contributed by atoms with Crippen LogP contribution in [0.2, 0.25) is 5.02 Å². The van der Waals surface area contributed by atoms with Crippen LogP contribution in [0.1, 0.15) is 11.1 Å². The lowest BCUT2D eigenvalue weighted by atomic mass is 10.0. The van der Waals surface area contributed by atoms with Gasteiger partial charge in [0.2, 0.25) is 0 Å². The number of amides is 2. The number of hydrogen-bond donors (Lipinski definition) is 2. The van der Waals surface area contributed by atoms with Crippen LogP contribution in [0, 0.1) is 0 Å². The highest BCUT2D eigenvalue weighted by Gasteiger charge is 2.19. The van der Waals surface area contributed by atoms with Gasteiger partial charge in [-0.2, -0.15) is 0 Å². The number of aryl methyl sites for hydroxylation is 2. The summed E-state index contributed by atoms with van der Waals surface area (Å²) in [5, 5.41) is 9.14. The van der Waals surface area contributed by atoms with Crippen molar-refractivity contribution in [1.82, 2.24) is 4.98 Å². The maximum absolute atomic E-state index is 12.5. The van der Waals surface area contributed by atoms with Gasteiger partial charge in [-0.1, -0.05) is 41.1 Å². The van der Waals surface area contributed by atoms with Crippen LogP contribution < -0.4 is 15.4 Å². The minimum Gasteiger partial charge on any atom is -0.495 e. The van der Waals surface area contributed by atoms with E-state index in [1.165, 1.54) is 27.8 Å². The number of urea groups is 1. The van der Waals surface area contributed by atoms with E-state index in [1.54, 1.807) is 25.3 Å². The van der Waals surface area contributed by atoms with Gasteiger partial charge in [-0.3, -0.25) is 5.32 Å². The molecule has 1 heterocycles. The Bertz CT molecular complexity index is 1250. The summed E-state index contributed by atoms with van der Waals surface area (Å²) in [5.41, 5.74) is 4.17. The first-order valence-corrected chi connectivity index (χ1v) is 10.1. The number of benzene rings is 3. The second-order valence-corrected chi connectivity index (χ2v) is 8.13. The fraction of sp³-hybridized carbons (Fsp3) is 0.143. The summed E-state index contributed by atoms with van der Waals surface area (Å²) in [6, 6.07) is 13.2. The average Bonchev–Trinajstić information content (AvgIpc) is 3.27. The standard InChI is InChI=1S/C21H16ClN3O2S/c1-27-16-8-7-13(22)10-15(16)23-20(26)25-21-24-19-14-4-2-3-11-5-6-12(18(11)14)9-17(19)28-21/h2-4,7-10H,5-6H2,1H3,(H2,23,24,25,26). The quantitative estimate of drug-likeness (QED) is 0.445. The van der Waals surface area contributed by atoms with Gasteiger partial charge in [0.1, 0.15) is 5.75 Å². The molecule has 5 rings (SSSR count). The second kappa shape index (κ2) is 6.65. The summed E-state index contributed by atoms with van der Waals surface area (Å²) in [6.45, 7) is 0. The van der Waals surface area contributed by atoms with Crippen LogP contribution in [-0.2, 0) is 12.8 Å². The molecule has 0 spiro atoms. The molecule has 0 bridgehead atoms. The summed E-state index contributed by atoms with van der Waals surface area (Å²) in [7, 11) is 1.54. The van der Waals surface area contributed by atoms with Gasteiger partial charge in [-0.05, 0) is 53.6 Å². The van der Waals surface area contributed by atoms with Gasteiger partial charge < -0.3 is 10.1 Å². The van der Waals surface area contributed by atoms with E-state index in [0.29, 0.717) is 21.6 Å². The van der Waals surface area contributed by atoms with Gasteiger partial charge >= 0.3 is 6.03 Å². The summed E-state index contributed by atoms with van der Waals surface area (Å²) in [5.74, 6) is 0.536. The van der Waals surface area contributed by atoms with Gasteiger partial charge in [-0.15, -0.1) is 0 Å². The highest BCUT2D eigenvalue weighted by Crippen LogP contribution is 2.39. The maximum atomic E-state index is 12.5. The van der Waals surface area contributed by atoms with Gasteiger partial charge in [0, 0.05) is 10.4 Å². The van der Waals surface area contributed by atoms with Crippen molar-refractivity contribution in [3.8, 4) is 5.75 Å². The topological polar surface area (TPSA) is 63.2 Å². The number of halogens is 1. The molecule has 4 aromatic rings. The molecule has 2 N–H and O–H groups in total. The predicted octanol–water partition coefficient (Wildman–Crippen LogP) is 5.85. The molecule has 7 heteroatoms. The number of carbonyl (C=O) groups is 1. The molecular formula is C21H16ClN3O2S. The van der Waals surface area contributed by atoms with E-state index in [4.69, 9.17) is 16.3 Å². The van der Waals surface area contributed by atoms with Crippen LogP contribution in [0.3, 0.4) is 0 Å². The van der Waals surface area contributed by atoms with E-state index in [9.17, 15) is 4.79 Å². The zero-order chi connectivity index (χ0) is 19.3. The second-order valence-electron chi connectivity index (χ2n) is 6.66. The molecule has 140 valence electrons. The fourth-order valence-corrected chi connectivity index (χ4v) is 4.90. The van der Waals surface area contributed by atoms with E-state index >= 15 is 0 Å². The van der Waals surface area contributed by atoms with E-state index in [-0.39, 0.29) is 0 Å². The highest BCUT2D eigenvalue weighted by atomic mass is 35.5. The van der Waals surface area contributed by atoms with Crippen LogP contribution in [0.25, 0.3) is 21.0 Å². The molecule has 1 aliphatic rings. The number of rotatable bonds is 3. The number of nitrogens with one attached hydrogen (secondary N) is 2. The van der Waals surface area contributed by atoms with Gasteiger partial charge in [0.25, 0.3) is 0 Å². The Morgan fingerprint density at radius 1 is 1.14 bits per heavy atom. The zero-order valence-corrected chi connectivity index (χ0v) is 16.6. The first-order valence-electron chi connectivity index (χ1n) is 8.88. The molecule has 0 radical (unpaired) electrons. The van der Waals surface area contributed by atoms with Crippen molar-refractivity contribution in [1.29, 1.82) is 0 Å². The van der Waals surface area contributed by atoms with Crippen LogP contribution in [-0.4, -0.2) is 18.1 Å². The molecule has 0 atom stereocenters. The van der Waals surface area contributed by atoms with E-state index in [0.717, 1.165) is 28.4 Å². The molecule has 1 aliphatic carbocycles. The molecule has 3 aromatic carbocycles. The van der Waals surface area contributed by atoms with Crippen LogP contribution >= 0.6 is 22.9 Å². The number of carbonyl (C=O) groups excluding carboxylic acids is 1. The number of thiazole rings is 1. The predicted molar refractivity (Wildman–Crippen MR) is 115 cm³/mol. The third-order valence-electron chi connectivity index (χ3n) is 4.98. The summed E-state index contributed by atoms with van der Waals surface area (Å²) >= 11 is 7.50. The molecule has 0 saturated heterocycles. The van der Waals surface area contributed by atoms with Crippen molar-refractivity contribution in [3.63, 3.8) is 0 Å². The zero-order valence-electron chi connectivity index (χ0n) is 15.0. The summed E-state index contributed by atoms with van der Waals surface area (Å²) in [4.78, 5) is 17.2. The number of ether oxygens (including phenoxy) is 1. The summed E-state index contributed by atoms with van der Waals surface area (Å²) in [6.07, 6.45) is 2.14. The smallest absolute Gasteiger partial charge is 0.325 e. The molecule has 5 nitrogen and oxygen atoms in total. The molecule has 0 saturated carbocycles. The van der Waals surface area contributed by atoms with Gasteiger partial charge in [0.05, 0.1) is 23.0 Å². The first-order chi connectivity index (χ1) is 13.6. The van der Waals surface area contributed by atoms with Crippen LogP contribution in [0.4, 0.5) is 15.6 Å². The van der Waals surface area contributed by atoms with Crippen molar-refractivity contribution in [2.75, 3.05) is 17.7 Å². The highest BCUT2D eigenvalue weighted by molar-refractivity contribution is 7.22. The van der Waals surface area contributed by atoms with Crippen molar-refractivity contribution in [3.05, 3.63) is 58.6 Å². The van der Waals surface area contributed by atoms with Crippen LogP contribution in [0.5, 0.6) is 5.75 Å². The SMILES string of the molecule is COc1ccc(Cl)cc1NC(=O)Nc1nc2c(cc3c4c(cccc42)CC3)s1. The van der Waals surface area contributed by atoms with Gasteiger partial charge in [-0.25, -0.2) is 9.78 Å². The Morgan fingerprint density at radius 3 is 2.86 bits per heavy atom. The third-order valence-corrected chi connectivity index (χ3v) is 6.13. The Labute approximate surface area is 170 Å². The van der Waals surface area contributed by atoms with Gasteiger partial charge in [0.15, 0.2) is 5.13 Å². The third kappa shape index (κ3) is 2.85. The van der Waals surface area contributed by atoms with Crippen molar-refractivity contribution in [2.24, 2.45) is 0 Å². The van der Waals surface area contributed by atoms with Crippen molar-refractivity contribution < 1.29 is 9.53 Å². The number of fused-ring (bicyclic) bond motifs is 2. The number of nitrogens with zero attached hydrogens (tertiary/aromatic N) is 1. The lowest BCUT2D eigenvalue weighted by Gasteiger charge is -2.10. The Kier molecular flexibility index (Phi) is 4.10. The lowest BCUT2D eigenvalue weighted by Crippen LogP contribution is -2.19. The number of aromatic nitrogens is 1. The van der Waals surface area contributed by atoms with E-state index in [1.807, 2.05) is 0 Å². The monoisotopic (exact) mass is 409 g/mol. The van der Waals surface area contributed by atoms with E-state index in [2.05, 4.69) is 39.9 Å². The van der Waals surface area contributed by atoms with Crippen LogP contribution in [0.15, 0.2) is 42.5 Å². The Hall–Kier alpha value is -2.83. The molecule has 0 unspecified atom stereocenters. The minimum absolute atomic E-state index is 0.392. The van der Waals surface area contributed by atoms with E-state index < -0.39 is 6.03 Å². The lowest BCUT2D eigenvalue weighted by molar-refractivity contribution is 0.262. The average molecular weight is 410 g/mol. The summed E-state index contributed by atoms with van der Waals surface area (Å²) < 4.78 is 6.34. The fourth-order valence-electron chi connectivity index (χ4n) is 3.79. The molecule has 0 fully saturated rings. The first kappa shape index (κ1) is 17.3. The number of anilines is 2. The number of hydrogen-bond acceptors (Lipinski definition) is 4. The minimum atomic E-state index is -0.392. The molecule has 0 aliphatic heterocycles. The largest absolute Gasteiger partial charge is 0.495 e. The maximum Gasteiger partial charge on any atom is 0.325 e. The molecular weight excluding hydrogens is 394 g/mol.